The summed E-state index contributed by atoms with van der Waals surface area (Å²) in [4.78, 5) is 11.7. The van der Waals surface area contributed by atoms with Crippen LogP contribution in [-0.4, -0.2) is 15.9 Å². The standard InChI is InChI=1S/C15H12ClF2NO2S/c16-11-3-1-10(2-4-11)8-22(21)9-15(20)19-14-6-5-12(17)7-13(14)18/h1-7H,8-9H2,(H,19,20)/t22-/m1/s1. The molecule has 0 heterocycles. The van der Waals surface area contributed by atoms with E-state index in [1.165, 1.54) is 0 Å². The van der Waals surface area contributed by atoms with E-state index in [2.05, 4.69) is 5.32 Å². The molecule has 3 nitrogen and oxygen atoms in total. The van der Waals surface area contributed by atoms with Crippen molar-refractivity contribution >= 4 is 34.0 Å². The van der Waals surface area contributed by atoms with Crippen LogP contribution in [0, 0.1) is 11.6 Å². The molecule has 0 saturated heterocycles. The van der Waals surface area contributed by atoms with Crippen LogP contribution >= 0.6 is 11.6 Å². The molecule has 2 aromatic rings. The van der Waals surface area contributed by atoms with E-state index in [1.54, 1.807) is 24.3 Å². The molecule has 0 bridgehead atoms. The van der Waals surface area contributed by atoms with Crippen LogP contribution in [-0.2, 0) is 21.3 Å². The lowest BCUT2D eigenvalue weighted by molar-refractivity contribution is -0.113. The first-order valence-electron chi connectivity index (χ1n) is 6.28. The molecular weight excluding hydrogens is 332 g/mol. The van der Waals surface area contributed by atoms with Gasteiger partial charge in [-0.3, -0.25) is 9.00 Å². The maximum atomic E-state index is 13.4. The SMILES string of the molecule is O=C(C[S@](=O)Cc1ccc(Cl)cc1)Nc1ccc(F)cc1F. The lowest BCUT2D eigenvalue weighted by Crippen LogP contribution is -2.20. The molecule has 7 heteroatoms. The molecule has 0 aromatic heterocycles. The summed E-state index contributed by atoms with van der Waals surface area (Å²) in [6, 6.07) is 9.59. The van der Waals surface area contributed by atoms with E-state index in [-0.39, 0.29) is 17.2 Å². The average molecular weight is 344 g/mol. The van der Waals surface area contributed by atoms with Gasteiger partial charge in [0.05, 0.1) is 5.69 Å². The summed E-state index contributed by atoms with van der Waals surface area (Å²) in [5, 5.41) is 2.84. The van der Waals surface area contributed by atoms with E-state index in [0.29, 0.717) is 11.1 Å². The number of carbonyl (C=O) groups is 1. The number of halogens is 3. The molecule has 1 N–H and O–H groups in total. The third-order valence-electron chi connectivity index (χ3n) is 2.74. The Morgan fingerprint density at radius 3 is 2.45 bits per heavy atom. The van der Waals surface area contributed by atoms with Crippen LogP contribution in [0.3, 0.4) is 0 Å². The molecular formula is C15H12ClF2NO2S. The van der Waals surface area contributed by atoms with Crippen molar-refractivity contribution in [1.82, 2.24) is 0 Å². The lowest BCUT2D eigenvalue weighted by Gasteiger charge is -2.07. The highest BCUT2D eigenvalue weighted by Gasteiger charge is 2.12. The largest absolute Gasteiger partial charge is 0.323 e. The monoisotopic (exact) mass is 343 g/mol. The van der Waals surface area contributed by atoms with Crippen molar-refractivity contribution in [2.75, 3.05) is 11.1 Å². The second-order valence-electron chi connectivity index (χ2n) is 4.53. The van der Waals surface area contributed by atoms with Gasteiger partial charge in [0, 0.05) is 27.6 Å². The number of anilines is 1. The minimum absolute atomic E-state index is 0.144. The molecule has 0 unspecified atom stereocenters. The minimum Gasteiger partial charge on any atom is -0.323 e. The molecule has 0 aliphatic carbocycles. The van der Waals surface area contributed by atoms with Crippen LogP contribution in [0.15, 0.2) is 42.5 Å². The topological polar surface area (TPSA) is 46.2 Å². The fourth-order valence-corrected chi connectivity index (χ4v) is 2.90. The van der Waals surface area contributed by atoms with Crippen molar-refractivity contribution in [3.8, 4) is 0 Å². The molecule has 0 spiro atoms. The predicted octanol–water partition coefficient (Wildman–Crippen LogP) is 3.51. The van der Waals surface area contributed by atoms with Crippen LogP contribution in [0.25, 0.3) is 0 Å². The number of nitrogens with one attached hydrogen (secondary N) is 1. The van der Waals surface area contributed by atoms with Crippen LogP contribution in [0.1, 0.15) is 5.56 Å². The van der Waals surface area contributed by atoms with Gasteiger partial charge in [-0.1, -0.05) is 23.7 Å². The van der Waals surface area contributed by atoms with E-state index in [4.69, 9.17) is 11.6 Å². The zero-order chi connectivity index (χ0) is 16.1. The van der Waals surface area contributed by atoms with E-state index >= 15 is 0 Å². The van der Waals surface area contributed by atoms with Crippen LogP contribution < -0.4 is 5.32 Å². The van der Waals surface area contributed by atoms with Crippen molar-refractivity contribution < 1.29 is 17.8 Å². The summed E-state index contributed by atoms with van der Waals surface area (Å²) < 4.78 is 38.0. The fourth-order valence-electron chi connectivity index (χ4n) is 1.74. The van der Waals surface area contributed by atoms with Gasteiger partial charge in [-0.05, 0) is 29.8 Å². The number of benzene rings is 2. The highest BCUT2D eigenvalue weighted by Crippen LogP contribution is 2.15. The van der Waals surface area contributed by atoms with Crippen molar-refractivity contribution in [3.63, 3.8) is 0 Å². The van der Waals surface area contributed by atoms with Gasteiger partial charge in [0.2, 0.25) is 5.91 Å². The summed E-state index contributed by atoms with van der Waals surface area (Å²) in [7, 11) is -1.44. The van der Waals surface area contributed by atoms with E-state index in [9.17, 15) is 17.8 Å². The normalized spacial score (nSPS) is 12.0. The van der Waals surface area contributed by atoms with Gasteiger partial charge < -0.3 is 5.32 Å². The van der Waals surface area contributed by atoms with Crippen LogP contribution in [0.4, 0.5) is 14.5 Å². The van der Waals surface area contributed by atoms with Gasteiger partial charge in [-0.25, -0.2) is 8.78 Å². The summed E-state index contributed by atoms with van der Waals surface area (Å²) >= 11 is 5.75. The first-order valence-corrected chi connectivity index (χ1v) is 8.15. The summed E-state index contributed by atoms with van der Waals surface area (Å²) in [5.74, 6) is -2.30. The number of hydrogen-bond donors (Lipinski definition) is 1. The molecule has 0 radical (unpaired) electrons. The quantitative estimate of drug-likeness (QED) is 0.903. The Labute approximate surface area is 133 Å². The Kier molecular flexibility index (Phi) is 5.63. The number of carbonyl (C=O) groups excluding carboxylic acids is 1. The van der Waals surface area contributed by atoms with Crippen molar-refractivity contribution in [1.29, 1.82) is 0 Å². The number of hydrogen-bond acceptors (Lipinski definition) is 2. The van der Waals surface area contributed by atoms with Gasteiger partial charge >= 0.3 is 0 Å². The first-order chi connectivity index (χ1) is 10.4. The third-order valence-corrected chi connectivity index (χ3v) is 4.23. The highest BCUT2D eigenvalue weighted by atomic mass is 35.5. The van der Waals surface area contributed by atoms with Gasteiger partial charge in [0.15, 0.2) is 0 Å². The smallest absolute Gasteiger partial charge is 0.237 e. The van der Waals surface area contributed by atoms with Crippen molar-refractivity contribution in [3.05, 3.63) is 64.7 Å². The lowest BCUT2D eigenvalue weighted by atomic mass is 10.2. The first kappa shape index (κ1) is 16.6. The van der Waals surface area contributed by atoms with E-state index < -0.39 is 28.3 Å². The molecule has 116 valence electrons. The zero-order valence-corrected chi connectivity index (χ0v) is 12.9. The maximum absolute atomic E-state index is 13.4. The van der Waals surface area contributed by atoms with Gasteiger partial charge in [-0.15, -0.1) is 0 Å². The zero-order valence-electron chi connectivity index (χ0n) is 11.3. The fraction of sp³-hybridized carbons (Fsp3) is 0.133. The summed E-state index contributed by atoms with van der Waals surface area (Å²) in [6.45, 7) is 0. The van der Waals surface area contributed by atoms with Crippen LogP contribution in [0.2, 0.25) is 5.02 Å². The predicted molar refractivity (Wildman–Crippen MR) is 83.2 cm³/mol. The molecule has 2 rings (SSSR count). The van der Waals surface area contributed by atoms with Gasteiger partial charge in [0.1, 0.15) is 17.4 Å². The molecule has 0 saturated carbocycles. The minimum atomic E-state index is -1.44. The molecule has 1 amide bonds. The number of rotatable bonds is 5. The molecule has 0 aliphatic heterocycles. The highest BCUT2D eigenvalue weighted by molar-refractivity contribution is 7.84. The second-order valence-corrected chi connectivity index (χ2v) is 6.42. The number of amides is 1. The molecule has 22 heavy (non-hydrogen) atoms. The van der Waals surface area contributed by atoms with Gasteiger partial charge in [-0.2, -0.15) is 0 Å². The molecule has 2 aromatic carbocycles. The summed E-state index contributed by atoms with van der Waals surface area (Å²) in [5.41, 5.74) is 0.637. The average Bonchev–Trinajstić information content (AvgIpc) is 2.44. The Morgan fingerprint density at radius 2 is 1.82 bits per heavy atom. The molecule has 1 atom stereocenters. The Balaban J connectivity index is 1.91. The van der Waals surface area contributed by atoms with Gasteiger partial charge in [0.25, 0.3) is 0 Å². The Morgan fingerprint density at radius 1 is 1.14 bits per heavy atom. The maximum Gasteiger partial charge on any atom is 0.237 e. The van der Waals surface area contributed by atoms with E-state index in [1.807, 2.05) is 0 Å². The second kappa shape index (κ2) is 7.47. The van der Waals surface area contributed by atoms with Crippen molar-refractivity contribution in [2.45, 2.75) is 5.75 Å². The molecule has 0 aliphatic rings. The molecule has 0 fully saturated rings. The summed E-state index contributed by atoms with van der Waals surface area (Å²) in [6.07, 6.45) is 0. The Bertz CT molecular complexity index is 707. The van der Waals surface area contributed by atoms with Crippen molar-refractivity contribution in [2.24, 2.45) is 0 Å². The van der Waals surface area contributed by atoms with Crippen LogP contribution in [0.5, 0.6) is 0 Å². The van der Waals surface area contributed by atoms with E-state index in [0.717, 1.165) is 17.7 Å². The third kappa shape index (κ3) is 4.89. The Hall–Kier alpha value is -1.79.